The second kappa shape index (κ2) is 5.62. The lowest BCUT2D eigenvalue weighted by atomic mass is 10.2. The molecule has 0 amide bonds. The summed E-state index contributed by atoms with van der Waals surface area (Å²) >= 11 is 1.48. The van der Waals surface area contributed by atoms with Crippen LogP contribution in [0.3, 0.4) is 0 Å². The number of aryl methyl sites for hydroxylation is 1. The van der Waals surface area contributed by atoms with Crippen LogP contribution in [0.15, 0.2) is 23.4 Å². The second-order valence-electron chi connectivity index (χ2n) is 4.62. The minimum atomic E-state index is -0.936. The summed E-state index contributed by atoms with van der Waals surface area (Å²) in [5, 5.41) is 18.1. The van der Waals surface area contributed by atoms with Crippen molar-refractivity contribution in [3.05, 3.63) is 35.5 Å². The lowest BCUT2D eigenvalue weighted by Crippen LogP contribution is -2.12. The molecule has 2 aromatic rings. The van der Waals surface area contributed by atoms with Gasteiger partial charge in [0, 0.05) is 19.2 Å². The Morgan fingerprint density at radius 3 is 3.15 bits per heavy atom. The van der Waals surface area contributed by atoms with Crippen LogP contribution in [0.2, 0.25) is 0 Å². The lowest BCUT2D eigenvalue weighted by Gasteiger charge is -2.14. The van der Waals surface area contributed by atoms with Crippen LogP contribution < -0.4 is 0 Å². The maximum absolute atomic E-state index is 10.9. The summed E-state index contributed by atoms with van der Waals surface area (Å²) in [6, 6.07) is 3.08. The van der Waals surface area contributed by atoms with E-state index in [1.54, 1.807) is 6.07 Å². The van der Waals surface area contributed by atoms with E-state index in [4.69, 9.17) is 5.11 Å². The number of hydrogen-bond donors (Lipinski definition) is 1. The normalized spacial score (nSPS) is 14.0. The van der Waals surface area contributed by atoms with Crippen molar-refractivity contribution in [1.82, 2.24) is 19.7 Å². The minimum Gasteiger partial charge on any atom is -0.478 e. The highest BCUT2D eigenvalue weighted by molar-refractivity contribution is 7.98. The van der Waals surface area contributed by atoms with Gasteiger partial charge in [-0.25, -0.2) is 9.78 Å². The molecule has 0 saturated carbocycles. The van der Waals surface area contributed by atoms with Crippen LogP contribution in [0.25, 0.3) is 0 Å². The van der Waals surface area contributed by atoms with Gasteiger partial charge < -0.3 is 9.67 Å². The standard InChI is InChI=1S/C13H14N4O2S/c18-13(19)9-4-5-14-12(7-9)20-8-11-16-15-10-3-1-2-6-17(10)11/h4-5,7H,1-3,6,8H2,(H,18,19). The van der Waals surface area contributed by atoms with Gasteiger partial charge in [0.1, 0.15) is 11.6 Å². The third-order valence-electron chi connectivity index (χ3n) is 3.27. The predicted molar refractivity (Wildman–Crippen MR) is 73.7 cm³/mol. The van der Waals surface area contributed by atoms with E-state index >= 15 is 0 Å². The van der Waals surface area contributed by atoms with Gasteiger partial charge in [-0.3, -0.25) is 0 Å². The van der Waals surface area contributed by atoms with Crippen LogP contribution in [0.5, 0.6) is 0 Å². The van der Waals surface area contributed by atoms with Crippen LogP contribution in [-0.4, -0.2) is 30.8 Å². The summed E-state index contributed by atoms with van der Waals surface area (Å²) in [5.74, 6) is 1.71. The zero-order valence-corrected chi connectivity index (χ0v) is 11.6. The number of thioether (sulfide) groups is 1. The van der Waals surface area contributed by atoms with Crippen molar-refractivity contribution in [3.63, 3.8) is 0 Å². The lowest BCUT2D eigenvalue weighted by molar-refractivity contribution is 0.0696. The van der Waals surface area contributed by atoms with Crippen molar-refractivity contribution >= 4 is 17.7 Å². The highest BCUT2D eigenvalue weighted by Crippen LogP contribution is 2.23. The molecule has 3 heterocycles. The van der Waals surface area contributed by atoms with Gasteiger partial charge in [-0.2, -0.15) is 0 Å². The molecular formula is C13H14N4O2S. The number of nitrogens with zero attached hydrogens (tertiary/aromatic N) is 4. The monoisotopic (exact) mass is 290 g/mol. The zero-order valence-electron chi connectivity index (χ0n) is 10.8. The number of hydrogen-bond acceptors (Lipinski definition) is 5. The molecule has 0 saturated heterocycles. The van der Waals surface area contributed by atoms with E-state index < -0.39 is 5.97 Å². The van der Waals surface area contributed by atoms with Gasteiger partial charge in [0.25, 0.3) is 0 Å². The molecule has 1 aliphatic rings. The number of carbonyl (C=O) groups is 1. The van der Waals surface area contributed by atoms with Crippen molar-refractivity contribution in [2.24, 2.45) is 0 Å². The molecule has 3 rings (SSSR count). The highest BCUT2D eigenvalue weighted by atomic mass is 32.2. The van der Waals surface area contributed by atoms with Crippen LogP contribution >= 0.6 is 11.8 Å². The maximum Gasteiger partial charge on any atom is 0.335 e. The Morgan fingerprint density at radius 1 is 1.40 bits per heavy atom. The fourth-order valence-electron chi connectivity index (χ4n) is 2.24. The molecule has 0 fully saturated rings. The fraction of sp³-hybridized carbons (Fsp3) is 0.385. The summed E-state index contributed by atoms with van der Waals surface area (Å²) < 4.78 is 2.16. The number of carboxylic acid groups (broad SMARTS) is 1. The van der Waals surface area contributed by atoms with Gasteiger partial charge in [0.2, 0.25) is 0 Å². The molecule has 2 aromatic heterocycles. The van der Waals surface area contributed by atoms with Gasteiger partial charge in [-0.05, 0) is 25.0 Å². The first-order chi connectivity index (χ1) is 9.74. The van der Waals surface area contributed by atoms with Crippen molar-refractivity contribution in [2.45, 2.75) is 36.6 Å². The number of aromatic carboxylic acids is 1. The first-order valence-corrected chi connectivity index (χ1v) is 7.46. The Hall–Kier alpha value is -1.89. The van der Waals surface area contributed by atoms with E-state index in [9.17, 15) is 4.79 Å². The van der Waals surface area contributed by atoms with E-state index in [2.05, 4.69) is 19.7 Å². The molecule has 1 aliphatic heterocycles. The van der Waals surface area contributed by atoms with Gasteiger partial charge in [0.05, 0.1) is 16.3 Å². The molecule has 0 unspecified atom stereocenters. The second-order valence-corrected chi connectivity index (χ2v) is 5.61. The zero-order chi connectivity index (χ0) is 13.9. The summed E-state index contributed by atoms with van der Waals surface area (Å²) in [6.07, 6.45) is 4.85. The smallest absolute Gasteiger partial charge is 0.335 e. The molecule has 104 valence electrons. The molecule has 0 aliphatic carbocycles. The Morgan fingerprint density at radius 2 is 2.30 bits per heavy atom. The van der Waals surface area contributed by atoms with Crippen molar-refractivity contribution < 1.29 is 9.90 Å². The Balaban J connectivity index is 1.72. The highest BCUT2D eigenvalue weighted by Gasteiger charge is 2.16. The average molecular weight is 290 g/mol. The topological polar surface area (TPSA) is 80.9 Å². The average Bonchev–Trinajstić information content (AvgIpc) is 2.89. The van der Waals surface area contributed by atoms with E-state index in [0.29, 0.717) is 10.8 Å². The van der Waals surface area contributed by atoms with Crippen molar-refractivity contribution in [2.75, 3.05) is 0 Å². The summed E-state index contributed by atoms with van der Waals surface area (Å²) in [7, 11) is 0. The first-order valence-electron chi connectivity index (χ1n) is 6.47. The van der Waals surface area contributed by atoms with Gasteiger partial charge in [-0.1, -0.05) is 11.8 Å². The van der Waals surface area contributed by atoms with E-state index in [-0.39, 0.29) is 5.56 Å². The Bertz CT molecular complexity index is 641. The fourth-order valence-corrected chi connectivity index (χ4v) is 3.07. The van der Waals surface area contributed by atoms with Gasteiger partial charge >= 0.3 is 5.97 Å². The molecule has 6 nitrogen and oxygen atoms in total. The van der Waals surface area contributed by atoms with Crippen LogP contribution in [-0.2, 0) is 18.7 Å². The van der Waals surface area contributed by atoms with E-state index in [1.165, 1.54) is 30.4 Å². The van der Waals surface area contributed by atoms with Crippen LogP contribution in [0.1, 0.15) is 34.8 Å². The number of aromatic nitrogens is 4. The molecule has 0 atom stereocenters. The summed E-state index contributed by atoms with van der Waals surface area (Å²) in [6.45, 7) is 0.973. The predicted octanol–water partition coefficient (Wildman–Crippen LogP) is 2.00. The van der Waals surface area contributed by atoms with E-state index in [0.717, 1.165) is 31.0 Å². The minimum absolute atomic E-state index is 0.255. The molecular weight excluding hydrogens is 276 g/mol. The summed E-state index contributed by atoms with van der Waals surface area (Å²) in [5.41, 5.74) is 0.255. The number of carboxylic acids is 1. The third-order valence-corrected chi connectivity index (χ3v) is 4.19. The number of rotatable bonds is 4. The van der Waals surface area contributed by atoms with Gasteiger partial charge in [-0.15, -0.1) is 10.2 Å². The van der Waals surface area contributed by atoms with Crippen LogP contribution in [0, 0.1) is 0 Å². The Labute approximate surface area is 120 Å². The number of pyridine rings is 1. The number of fused-ring (bicyclic) bond motifs is 1. The SMILES string of the molecule is O=C(O)c1ccnc(SCc2nnc3n2CCCC3)c1. The molecule has 20 heavy (non-hydrogen) atoms. The molecule has 0 bridgehead atoms. The molecule has 7 heteroatoms. The summed E-state index contributed by atoms with van der Waals surface area (Å²) in [4.78, 5) is 15.1. The first kappa shape index (κ1) is 13.1. The molecule has 0 aromatic carbocycles. The van der Waals surface area contributed by atoms with Crippen molar-refractivity contribution in [3.8, 4) is 0 Å². The van der Waals surface area contributed by atoms with Gasteiger partial charge in [0.15, 0.2) is 0 Å². The maximum atomic E-state index is 10.9. The molecule has 1 N–H and O–H groups in total. The third kappa shape index (κ3) is 2.67. The van der Waals surface area contributed by atoms with E-state index in [1.807, 2.05) is 0 Å². The van der Waals surface area contributed by atoms with Crippen LogP contribution in [0.4, 0.5) is 0 Å². The van der Waals surface area contributed by atoms with Crippen molar-refractivity contribution in [1.29, 1.82) is 0 Å². The quantitative estimate of drug-likeness (QED) is 0.867. The molecule has 0 radical (unpaired) electrons. The molecule has 0 spiro atoms. The largest absolute Gasteiger partial charge is 0.478 e. The Kier molecular flexibility index (Phi) is 3.68.